The van der Waals surface area contributed by atoms with Crippen LogP contribution in [-0.4, -0.2) is 16.2 Å². The summed E-state index contributed by atoms with van der Waals surface area (Å²) in [6.45, 7) is 0. The van der Waals surface area contributed by atoms with E-state index in [4.69, 9.17) is 4.52 Å². The number of rotatable bonds is 6. The summed E-state index contributed by atoms with van der Waals surface area (Å²) in [5, 5.41) is 8.83. The highest BCUT2D eigenvalue weighted by atomic mass is 127. The van der Waals surface area contributed by atoms with Crippen LogP contribution in [0.15, 0.2) is 83.7 Å². The molecule has 0 fully saturated rings. The average Bonchev–Trinajstić information content (AvgIpc) is 3.31. The lowest BCUT2D eigenvalue weighted by Crippen LogP contribution is -2.51. The van der Waals surface area contributed by atoms with Gasteiger partial charge in [0.05, 0.1) is 11.3 Å². The molecule has 2 N–H and O–H groups in total. The fraction of sp³-hybridized carbons (Fsp3) is 0.125. The van der Waals surface area contributed by atoms with Crippen molar-refractivity contribution in [1.82, 2.24) is 15.5 Å². The van der Waals surface area contributed by atoms with Crippen molar-refractivity contribution in [3.8, 4) is 0 Å². The highest BCUT2D eigenvalue weighted by Gasteiger charge is 2.41. The summed E-state index contributed by atoms with van der Waals surface area (Å²) in [5.41, 5.74) is -2.10. The Bertz CT molecular complexity index is 1300. The molecule has 0 saturated heterocycles. The lowest BCUT2D eigenvalue weighted by Gasteiger charge is -2.35. The number of hydrogen-bond acceptors (Lipinski definition) is 4. The first-order valence-corrected chi connectivity index (χ1v) is 11.3. The minimum Gasteiger partial charge on any atom is -0.363 e. The molecule has 11 heteroatoms. The molecule has 0 unspecified atom stereocenters. The van der Waals surface area contributed by atoms with Gasteiger partial charge in [0.25, 0.3) is 0 Å². The van der Waals surface area contributed by atoms with Crippen molar-refractivity contribution in [3.63, 3.8) is 0 Å². The Morgan fingerprint density at radius 3 is 2.37 bits per heavy atom. The van der Waals surface area contributed by atoms with Gasteiger partial charge in [0.15, 0.2) is 5.82 Å². The lowest BCUT2D eigenvalue weighted by atomic mass is 9.80. The van der Waals surface area contributed by atoms with Crippen molar-refractivity contribution in [2.24, 2.45) is 0 Å². The van der Waals surface area contributed by atoms with Crippen LogP contribution in [0, 0.1) is 9.39 Å². The molecule has 2 aromatic heterocycles. The maximum Gasteiger partial charge on any atom is 0.416 e. The second-order valence-electron chi connectivity index (χ2n) is 7.62. The topological polar surface area (TPSA) is 80.0 Å². The first-order chi connectivity index (χ1) is 16.7. The van der Waals surface area contributed by atoms with Crippen LogP contribution in [0.2, 0.25) is 0 Å². The van der Waals surface area contributed by atoms with E-state index in [9.17, 15) is 22.4 Å². The Balaban J connectivity index is 1.92. The van der Waals surface area contributed by atoms with E-state index in [0.717, 1.165) is 15.7 Å². The summed E-state index contributed by atoms with van der Waals surface area (Å²) >= 11 is 2.03. The number of halogens is 5. The summed E-state index contributed by atoms with van der Waals surface area (Å²) in [6, 6.07) is 14.9. The van der Waals surface area contributed by atoms with Crippen molar-refractivity contribution >= 4 is 34.4 Å². The summed E-state index contributed by atoms with van der Waals surface area (Å²) in [5.74, 6) is -1.02. The smallest absolute Gasteiger partial charge is 0.363 e. The van der Waals surface area contributed by atoms with Crippen molar-refractivity contribution < 1.29 is 26.9 Å². The Kier molecular flexibility index (Phi) is 7.05. The number of carbonyl (C=O) groups excluding carboxylic acids is 1. The Morgan fingerprint density at radius 2 is 1.74 bits per heavy atom. The molecule has 2 aromatic carbocycles. The van der Waals surface area contributed by atoms with Gasteiger partial charge in [0.1, 0.15) is 17.6 Å². The summed E-state index contributed by atoms with van der Waals surface area (Å²) in [6.07, 6.45) is -2.07. The van der Waals surface area contributed by atoms with E-state index in [1.807, 2.05) is 22.6 Å². The molecule has 0 radical (unpaired) electrons. The van der Waals surface area contributed by atoms with E-state index < -0.39 is 29.1 Å². The fourth-order valence-electron chi connectivity index (χ4n) is 3.67. The molecule has 0 aliphatic rings. The second kappa shape index (κ2) is 10.0. The number of aromatic nitrogens is 2. The standard InChI is InChI=1S/C24H17F4IN4O2/c25-18-11-16(10-17(12-18)24(26,27)28)23(13-15-4-2-1-3-5-15,20-7-6-19(29)14-30-20)32-22(34)31-21-8-9-35-33-21/h1-12,14H,13H2,(H2,31,32,33,34)/t23-/m1/s1. The number of amides is 2. The monoisotopic (exact) mass is 596 g/mol. The van der Waals surface area contributed by atoms with Crippen LogP contribution in [0.1, 0.15) is 22.4 Å². The molecule has 2 amide bonds. The minimum absolute atomic E-state index is 0.0194. The molecule has 4 aromatic rings. The van der Waals surface area contributed by atoms with Crippen molar-refractivity contribution in [3.05, 3.63) is 111 Å². The summed E-state index contributed by atoms with van der Waals surface area (Å²) in [4.78, 5) is 17.5. The molecule has 35 heavy (non-hydrogen) atoms. The van der Waals surface area contributed by atoms with E-state index in [1.54, 1.807) is 42.5 Å². The predicted octanol–water partition coefficient (Wildman–Crippen LogP) is 6.14. The largest absolute Gasteiger partial charge is 0.416 e. The molecule has 180 valence electrons. The molecule has 1 atom stereocenters. The molecule has 0 bridgehead atoms. The third kappa shape index (κ3) is 5.78. The van der Waals surface area contributed by atoms with Crippen LogP contribution in [0.25, 0.3) is 0 Å². The van der Waals surface area contributed by atoms with Crippen LogP contribution in [-0.2, 0) is 18.1 Å². The van der Waals surface area contributed by atoms with Crippen molar-refractivity contribution in [2.45, 2.75) is 18.1 Å². The number of alkyl halides is 3. The van der Waals surface area contributed by atoms with E-state index in [-0.39, 0.29) is 23.5 Å². The predicted molar refractivity (Wildman–Crippen MR) is 128 cm³/mol. The van der Waals surface area contributed by atoms with Crippen molar-refractivity contribution in [1.29, 1.82) is 0 Å². The van der Waals surface area contributed by atoms with Crippen LogP contribution in [0.4, 0.5) is 28.2 Å². The minimum atomic E-state index is -4.81. The van der Waals surface area contributed by atoms with Gasteiger partial charge < -0.3 is 9.84 Å². The normalized spacial score (nSPS) is 13.2. The fourth-order valence-corrected chi connectivity index (χ4v) is 3.99. The zero-order valence-electron chi connectivity index (χ0n) is 17.8. The summed E-state index contributed by atoms with van der Waals surface area (Å²) < 4.78 is 60.9. The second-order valence-corrected chi connectivity index (χ2v) is 8.87. The van der Waals surface area contributed by atoms with Gasteiger partial charge in [-0.15, -0.1) is 0 Å². The van der Waals surface area contributed by atoms with Crippen LogP contribution < -0.4 is 10.6 Å². The SMILES string of the molecule is O=C(Nc1ccon1)N[C@](Cc1ccccc1)(c1cc(F)cc(C(F)(F)F)c1)c1ccc(I)cn1. The number of hydrogen-bond donors (Lipinski definition) is 2. The molecule has 6 nitrogen and oxygen atoms in total. The molecular formula is C24H17F4IN4O2. The number of benzene rings is 2. The highest BCUT2D eigenvalue weighted by molar-refractivity contribution is 14.1. The van der Waals surface area contributed by atoms with Crippen LogP contribution >= 0.6 is 22.6 Å². The van der Waals surface area contributed by atoms with Gasteiger partial charge in [0, 0.05) is 22.3 Å². The van der Waals surface area contributed by atoms with Crippen molar-refractivity contribution in [2.75, 3.05) is 5.32 Å². The first-order valence-electron chi connectivity index (χ1n) is 10.2. The molecule has 0 spiro atoms. The van der Waals surface area contributed by atoms with Crippen LogP contribution in [0.3, 0.4) is 0 Å². The zero-order valence-corrected chi connectivity index (χ0v) is 20.0. The zero-order chi connectivity index (χ0) is 25.1. The van der Waals surface area contributed by atoms with Gasteiger partial charge in [-0.3, -0.25) is 10.3 Å². The molecule has 0 aliphatic carbocycles. The van der Waals surface area contributed by atoms with E-state index >= 15 is 0 Å². The van der Waals surface area contributed by atoms with Gasteiger partial charge >= 0.3 is 12.2 Å². The molecule has 0 saturated carbocycles. The molecular weight excluding hydrogens is 579 g/mol. The number of carbonyl (C=O) groups is 1. The van der Waals surface area contributed by atoms with Gasteiger partial charge in [0.2, 0.25) is 0 Å². The number of urea groups is 1. The van der Waals surface area contributed by atoms with Gasteiger partial charge in [-0.2, -0.15) is 13.2 Å². The molecule has 2 heterocycles. The van der Waals surface area contributed by atoms with Gasteiger partial charge in [-0.25, -0.2) is 9.18 Å². The van der Waals surface area contributed by atoms with Crippen LogP contribution in [0.5, 0.6) is 0 Å². The summed E-state index contributed by atoms with van der Waals surface area (Å²) in [7, 11) is 0. The highest BCUT2D eigenvalue weighted by Crippen LogP contribution is 2.37. The first kappa shape index (κ1) is 24.6. The third-order valence-corrected chi connectivity index (χ3v) is 5.84. The Labute approximate surface area is 210 Å². The van der Waals surface area contributed by atoms with Gasteiger partial charge in [-0.1, -0.05) is 35.5 Å². The van der Waals surface area contributed by atoms with E-state index in [0.29, 0.717) is 11.6 Å². The Morgan fingerprint density at radius 1 is 1.00 bits per heavy atom. The lowest BCUT2D eigenvalue weighted by molar-refractivity contribution is -0.137. The maximum atomic E-state index is 14.6. The number of nitrogens with one attached hydrogen (secondary N) is 2. The number of pyridine rings is 1. The van der Waals surface area contributed by atoms with E-state index in [2.05, 4.69) is 20.8 Å². The van der Waals surface area contributed by atoms with E-state index in [1.165, 1.54) is 18.5 Å². The van der Waals surface area contributed by atoms with Gasteiger partial charge in [-0.05, 0) is 64.0 Å². The quantitative estimate of drug-likeness (QED) is 0.207. The molecule has 4 rings (SSSR count). The third-order valence-electron chi connectivity index (χ3n) is 5.20. The average molecular weight is 596 g/mol. The number of anilines is 1. The molecule has 0 aliphatic heterocycles. The number of nitrogens with zero attached hydrogens (tertiary/aromatic N) is 2. The Hall–Kier alpha value is -3.48. The maximum absolute atomic E-state index is 14.6.